The first kappa shape index (κ1) is 20.9. The lowest BCUT2D eigenvalue weighted by atomic mass is 9.83. The fourth-order valence-electron chi connectivity index (χ4n) is 2.52. The van der Waals surface area contributed by atoms with Crippen molar-refractivity contribution in [2.75, 3.05) is 6.54 Å². The lowest BCUT2D eigenvalue weighted by Crippen LogP contribution is -2.51. The number of furan rings is 1. The molecule has 0 aliphatic rings. The minimum absolute atomic E-state index is 0.110. The summed E-state index contributed by atoms with van der Waals surface area (Å²) in [6.07, 6.45) is 3.84. The predicted octanol–water partition coefficient (Wildman–Crippen LogP) is 2.65. The van der Waals surface area contributed by atoms with Crippen molar-refractivity contribution in [3.63, 3.8) is 0 Å². The summed E-state index contributed by atoms with van der Waals surface area (Å²) < 4.78 is 5.16. The fourth-order valence-corrected chi connectivity index (χ4v) is 2.52. The Kier molecular flexibility index (Phi) is 7.83. The molecule has 0 aliphatic heterocycles. The zero-order valence-corrected chi connectivity index (χ0v) is 15.3. The minimum Gasteiger partial charge on any atom is -0.461 e. The lowest BCUT2D eigenvalue weighted by Gasteiger charge is -2.31. The van der Waals surface area contributed by atoms with Crippen LogP contribution < -0.4 is 5.32 Å². The van der Waals surface area contributed by atoms with Crippen LogP contribution in [0.25, 0.3) is 0 Å². The van der Waals surface area contributed by atoms with Crippen LogP contribution >= 0.6 is 0 Å². The Balaban J connectivity index is 2.93. The number of hydroxylamine groups is 2. The van der Waals surface area contributed by atoms with Gasteiger partial charge >= 0.3 is 0 Å². The van der Waals surface area contributed by atoms with Gasteiger partial charge in [0.2, 0.25) is 18.1 Å². The van der Waals surface area contributed by atoms with E-state index in [0.29, 0.717) is 11.5 Å². The van der Waals surface area contributed by atoms with Crippen LogP contribution in [0.4, 0.5) is 0 Å². The van der Waals surface area contributed by atoms with E-state index in [-0.39, 0.29) is 30.4 Å². The van der Waals surface area contributed by atoms with Gasteiger partial charge in [0.1, 0.15) is 6.04 Å². The summed E-state index contributed by atoms with van der Waals surface area (Å²) in [6, 6.07) is 2.40. The smallest absolute Gasteiger partial charge is 0.233 e. The number of unbranched alkanes of at least 4 members (excludes halogenated alkanes) is 1. The molecule has 2 amide bonds. The molecule has 1 heterocycles. The van der Waals surface area contributed by atoms with Gasteiger partial charge in [0.05, 0.1) is 18.7 Å². The highest BCUT2D eigenvalue weighted by molar-refractivity contribution is 6.00. The van der Waals surface area contributed by atoms with Crippen LogP contribution in [0.2, 0.25) is 0 Å². The molecule has 0 saturated heterocycles. The summed E-state index contributed by atoms with van der Waals surface area (Å²) in [4.78, 5) is 36.0. The van der Waals surface area contributed by atoms with Gasteiger partial charge in [-0.1, -0.05) is 40.5 Å². The number of nitrogens with one attached hydrogen (secondary N) is 1. The maximum Gasteiger partial charge on any atom is 0.233 e. The van der Waals surface area contributed by atoms with E-state index in [9.17, 15) is 19.6 Å². The Morgan fingerprint density at radius 1 is 1.40 bits per heavy atom. The van der Waals surface area contributed by atoms with Gasteiger partial charge in [-0.15, -0.1) is 0 Å². The maximum atomic E-state index is 12.7. The molecule has 0 radical (unpaired) electrons. The highest BCUT2D eigenvalue weighted by atomic mass is 16.5. The molecule has 25 heavy (non-hydrogen) atoms. The zero-order valence-electron chi connectivity index (χ0n) is 15.3. The summed E-state index contributed by atoms with van der Waals surface area (Å²) in [5.74, 6) is -1.09. The normalized spacial score (nSPS) is 13.8. The molecule has 0 aliphatic carbocycles. The topological polar surface area (TPSA) is 99.9 Å². The van der Waals surface area contributed by atoms with Crippen molar-refractivity contribution in [1.82, 2.24) is 10.4 Å². The Bertz CT molecular complexity index is 563. The number of amides is 2. The minimum atomic E-state index is -0.779. The van der Waals surface area contributed by atoms with Crippen LogP contribution in [-0.2, 0) is 9.59 Å². The van der Waals surface area contributed by atoms with Crippen molar-refractivity contribution in [3.8, 4) is 0 Å². The van der Waals surface area contributed by atoms with Gasteiger partial charge in [0.15, 0.2) is 5.76 Å². The Hall–Kier alpha value is -2.15. The third kappa shape index (κ3) is 6.34. The average Bonchev–Trinajstić information content (AvgIpc) is 3.08. The summed E-state index contributed by atoms with van der Waals surface area (Å²) in [5, 5.41) is 12.7. The van der Waals surface area contributed by atoms with Crippen LogP contribution in [0, 0.1) is 11.3 Å². The molecular formula is C18H28N2O5. The van der Waals surface area contributed by atoms with Gasteiger partial charge in [-0.3, -0.25) is 19.6 Å². The number of hydrogen-bond acceptors (Lipinski definition) is 5. The lowest BCUT2D eigenvalue weighted by molar-refractivity contribution is -0.154. The maximum absolute atomic E-state index is 12.7. The van der Waals surface area contributed by atoms with Gasteiger partial charge < -0.3 is 9.73 Å². The number of nitrogens with zero attached hydrogens (tertiary/aromatic N) is 1. The molecule has 2 N–H and O–H groups in total. The molecule has 0 saturated carbocycles. The van der Waals surface area contributed by atoms with Crippen molar-refractivity contribution in [3.05, 3.63) is 24.2 Å². The van der Waals surface area contributed by atoms with Crippen LogP contribution in [0.15, 0.2) is 22.8 Å². The Morgan fingerprint density at radius 2 is 2.08 bits per heavy atom. The van der Waals surface area contributed by atoms with Crippen molar-refractivity contribution in [2.24, 2.45) is 11.3 Å². The number of carbonyl (C=O) groups excluding carboxylic acids is 3. The highest BCUT2D eigenvalue weighted by Gasteiger charge is 2.36. The molecule has 0 unspecified atom stereocenters. The molecule has 0 bridgehead atoms. The first-order chi connectivity index (χ1) is 11.7. The van der Waals surface area contributed by atoms with E-state index in [4.69, 9.17) is 4.42 Å². The molecule has 1 aromatic heterocycles. The highest BCUT2D eigenvalue weighted by Crippen LogP contribution is 2.24. The number of ketones is 1. The van der Waals surface area contributed by atoms with Crippen molar-refractivity contribution < 1.29 is 24.0 Å². The van der Waals surface area contributed by atoms with Gasteiger partial charge in [0.25, 0.3) is 0 Å². The van der Waals surface area contributed by atoms with Gasteiger partial charge in [-0.2, -0.15) is 0 Å². The third-order valence-electron chi connectivity index (χ3n) is 3.98. The third-order valence-corrected chi connectivity index (χ3v) is 3.98. The fraction of sp³-hybridized carbons (Fsp3) is 0.611. The van der Waals surface area contributed by atoms with Crippen LogP contribution in [0.5, 0.6) is 0 Å². The van der Waals surface area contributed by atoms with Crippen LogP contribution in [0.3, 0.4) is 0 Å². The van der Waals surface area contributed by atoms with E-state index in [2.05, 4.69) is 5.32 Å². The summed E-state index contributed by atoms with van der Waals surface area (Å²) in [5.41, 5.74) is -0.529. The number of rotatable bonds is 10. The summed E-state index contributed by atoms with van der Waals surface area (Å²) >= 11 is 0. The molecular weight excluding hydrogens is 324 g/mol. The zero-order chi connectivity index (χ0) is 19.0. The molecule has 0 fully saturated rings. The molecule has 7 heteroatoms. The Labute approximate surface area is 148 Å². The molecule has 2 atom stereocenters. The summed E-state index contributed by atoms with van der Waals surface area (Å²) in [6.45, 7) is 7.43. The van der Waals surface area contributed by atoms with E-state index in [1.807, 2.05) is 27.7 Å². The van der Waals surface area contributed by atoms with Gasteiger partial charge in [0, 0.05) is 0 Å². The number of hydrogen-bond donors (Lipinski definition) is 2. The van der Waals surface area contributed by atoms with Gasteiger partial charge in [-0.05, 0) is 24.0 Å². The molecule has 1 rings (SSSR count). The first-order valence-electron chi connectivity index (χ1n) is 8.49. The second kappa shape index (κ2) is 9.36. The van der Waals surface area contributed by atoms with Crippen molar-refractivity contribution in [1.29, 1.82) is 0 Å². The predicted molar refractivity (Wildman–Crippen MR) is 92.0 cm³/mol. The van der Waals surface area contributed by atoms with E-state index in [1.54, 1.807) is 12.1 Å². The second-order valence-corrected chi connectivity index (χ2v) is 7.22. The number of carbonyl (C=O) groups is 3. The number of Topliss-reactive ketones (excluding diaryl/α,β-unsaturated/α-hetero) is 1. The molecule has 0 aromatic carbocycles. The molecule has 1 aromatic rings. The largest absolute Gasteiger partial charge is 0.461 e. The van der Waals surface area contributed by atoms with E-state index in [0.717, 1.165) is 12.8 Å². The van der Waals surface area contributed by atoms with Gasteiger partial charge in [-0.25, -0.2) is 5.06 Å². The average molecular weight is 352 g/mol. The second-order valence-electron chi connectivity index (χ2n) is 7.22. The Morgan fingerprint density at radius 3 is 2.56 bits per heavy atom. The molecule has 7 nitrogen and oxygen atoms in total. The van der Waals surface area contributed by atoms with Crippen molar-refractivity contribution >= 4 is 18.1 Å². The van der Waals surface area contributed by atoms with E-state index < -0.39 is 17.4 Å². The first-order valence-corrected chi connectivity index (χ1v) is 8.49. The summed E-state index contributed by atoms with van der Waals surface area (Å²) in [7, 11) is 0. The van der Waals surface area contributed by atoms with Crippen molar-refractivity contribution in [2.45, 2.75) is 53.0 Å². The SMILES string of the molecule is CCCC[C@H](CN(O)C=O)C(=O)N[C@H](C(=O)c1ccco1)C(C)(C)C. The van der Waals surface area contributed by atoms with Crippen LogP contribution in [-0.4, -0.2) is 41.0 Å². The van der Waals surface area contributed by atoms with E-state index >= 15 is 0 Å². The standard InChI is InChI=1S/C18H28N2O5/c1-5-6-8-13(11-20(24)12-21)17(23)19-16(18(2,3)4)15(22)14-9-7-10-25-14/h7,9-10,12-13,16,24H,5-6,8,11H2,1-4H3,(H,19,23)/t13-,16-/m1/s1. The quantitative estimate of drug-likeness (QED) is 0.292. The monoisotopic (exact) mass is 352 g/mol. The van der Waals surface area contributed by atoms with E-state index in [1.165, 1.54) is 6.26 Å². The van der Waals surface area contributed by atoms with Crippen LogP contribution in [0.1, 0.15) is 57.5 Å². The molecule has 140 valence electrons. The molecule has 0 spiro atoms.